The number of aliphatic hydroxyl groups excluding tert-OH is 1. The molecule has 0 spiro atoms. The third-order valence-corrected chi connectivity index (χ3v) is 3.35. The average Bonchev–Trinajstić information content (AvgIpc) is 2.36. The molecule has 0 unspecified atom stereocenters. The summed E-state index contributed by atoms with van der Waals surface area (Å²) in [5.41, 5.74) is 0.636. The molecule has 2 nitrogen and oxygen atoms in total. The van der Waals surface area contributed by atoms with E-state index in [1.807, 2.05) is 0 Å². The number of hydrogen-bond donors (Lipinski definition) is 1. The van der Waals surface area contributed by atoms with Crippen molar-refractivity contribution < 1.29 is 18.6 Å². The van der Waals surface area contributed by atoms with E-state index < -0.39 is 17.7 Å². The molecule has 1 N–H and O–H groups in total. The quantitative estimate of drug-likeness (QED) is 0.861. The fraction of sp³-hybridized carbons (Fsp3) is 0.200. The summed E-state index contributed by atoms with van der Waals surface area (Å²) in [6.07, 6.45) is -0.918. The summed E-state index contributed by atoms with van der Waals surface area (Å²) in [6.45, 7) is 3.07. The van der Waals surface area contributed by atoms with Crippen LogP contribution in [0.15, 0.2) is 34.8 Å². The minimum absolute atomic E-state index is 0.0149. The van der Waals surface area contributed by atoms with E-state index in [1.54, 1.807) is 13.0 Å². The Kier molecular flexibility index (Phi) is 4.40. The Morgan fingerprint density at radius 1 is 1.10 bits per heavy atom. The van der Waals surface area contributed by atoms with Gasteiger partial charge in [0, 0.05) is 10.0 Å². The van der Waals surface area contributed by atoms with E-state index in [2.05, 4.69) is 15.9 Å². The maximum atomic E-state index is 13.8. The van der Waals surface area contributed by atoms with Crippen LogP contribution in [0.4, 0.5) is 8.78 Å². The molecule has 5 heteroatoms. The molecular weight excluding hydrogens is 330 g/mol. The van der Waals surface area contributed by atoms with Crippen molar-refractivity contribution in [3.63, 3.8) is 0 Å². The van der Waals surface area contributed by atoms with Crippen molar-refractivity contribution in [1.82, 2.24) is 0 Å². The second kappa shape index (κ2) is 5.89. The van der Waals surface area contributed by atoms with Crippen LogP contribution < -0.4 is 4.74 Å². The van der Waals surface area contributed by atoms with E-state index >= 15 is 0 Å². The van der Waals surface area contributed by atoms with Gasteiger partial charge >= 0.3 is 0 Å². The van der Waals surface area contributed by atoms with Crippen LogP contribution in [0.5, 0.6) is 11.5 Å². The van der Waals surface area contributed by atoms with E-state index in [4.69, 9.17) is 4.74 Å². The van der Waals surface area contributed by atoms with Crippen molar-refractivity contribution in [3.8, 4) is 11.5 Å². The van der Waals surface area contributed by atoms with Crippen molar-refractivity contribution in [3.05, 3.63) is 57.6 Å². The van der Waals surface area contributed by atoms with Gasteiger partial charge in [-0.15, -0.1) is 0 Å². The molecule has 0 radical (unpaired) electrons. The Bertz CT molecular complexity index is 642. The topological polar surface area (TPSA) is 29.5 Å². The van der Waals surface area contributed by atoms with Crippen LogP contribution >= 0.6 is 15.9 Å². The molecular formula is C15H13BrF2O2. The normalized spacial score (nSPS) is 12.3. The fourth-order valence-corrected chi connectivity index (χ4v) is 2.09. The first-order chi connectivity index (χ1) is 9.38. The van der Waals surface area contributed by atoms with E-state index in [9.17, 15) is 13.9 Å². The SMILES string of the molecule is Cc1cc(Oc2ccc(Br)cc2F)c([C@@H](C)O)cc1F. The van der Waals surface area contributed by atoms with Gasteiger partial charge in [-0.2, -0.15) is 0 Å². The number of hydrogen-bond acceptors (Lipinski definition) is 2. The predicted octanol–water partition coefficient (Wildman–Crippen LogP) is 4.88. The van der Waals surface area contributed by atoms with Crippen molar-refractivity contribution in [2.24, 2.45) is 0 Å². The zero-order valence-corrected chi connectivity index (χ0v) is 12.5. The van der Waals surface area contributed by atoms with E-state index in [-0.39, 0.29) is 17.1 Å². The summed E-state index contributed by atoms with van der Waals surface area (Å²) in [5.74, 6) is -0.733. The zero-order valence-electron chi connectivity index (χ0n) is 11.0. The summed E-state index contributed by atoms with van der Waals surface area (Å²) in [7, 11) is 0. The summed E-state index contributed by atoms with van der Waals surface area (Å²) >= 11 is 3.16. The third-order valence-electron chi connectivity index (χ3n) is 2.85. The predicted molar refractivity (Wildman–Crippen MR) is 75.9 cm³/mol. The molecule has 106 valence electrons. The summed E-state index contributed by atoms with van der Waals surface area (Å²) in [6, 6.07) is 7.01. The number of aryl methyl sites for hydroxylation is 1. The lowest BCUT2D eigenvalue weighted by molar-refractivity contribution is 0.195. The molecule has 0 bridgehead atoms. The maximum Gasteiger partial charge on any atom is 0.166 e. The molecule has 0 aliphatic rings. The molecule has 1 atom stereocenters. The van der Waals surface area contributed by atoms with Gasteiger partial charge in [0.25, 0.3) is 0 Å². The summed E-state index contributed by atoms with van der Waals surface area (Å²) < 4.78 is 33.4. The third kappa shape index (κ3) is 3.16. The smallest absolute Gasteiger partial charge is 0.166 e. The molecule has 2 rings (SSSR count). The molecule has 0 aliphatic heterocycles. The summed E-state index contributed by atoms with van der Waals surface area (Å²) in [5, 5.41) is 9.66. The lowest BCUT2D eigenvalue weighted by Gasteiger charge is -2.15. The van der Waals surface area contributed by atoms with Gasteiger partial charge in [0.2, 0.25) is 0 Å². The van der Waals surface area contributed by atoms with Crippen molar-refractivity contribution in [2.45, 2.75) is 20.0 Å². The van der Waals surface area contributed by atoms with Crippen LogP contribution in [0.3, 0.4) is 0 Å². The van der Waals surface area contributed by atoms with Gasteiger partial charge in [0.1, 0.15) is 11.6 Å². The van der Waals surface area contributed by atoms with Gasteiger partial charge in [-0.05, 0) is 49.7 Å². The molecule has 2 aromatic carbocycles. The Labute approximate surface area is 124 Å². The first kappa shape index (κ1) is 14.9. The second-order valence-corrected chi connectivity index (χ2v) is 5.41. The molecule has 0 aromatic heterocycles. The highest BCUT2D eigenvalue weighted by atomic mass is 79.9. The first-order valence-electron chi connectivity index (χ1n) is 5.99. The lowest BCUT2D eigenvalue weighted by Crippen LogP contribution is -2.00. The van der Waals surface area contributed by atoms with Gasteiger partial charge in [-0.3, -0.25) is 0 Å². The Morgan fingerprint density at radius 3 is 2.40 bits per heavy atom. The van der Waals surface area contributed by atoms with Gasteiger partial charge in [-0.25, -0.2) is 8.78 Å². The highest BCUT2D eigenvalue weighted by molar-refractivity contribution is 9.10. The molecule has 0 aliphatic carbocycles. The zero-order chi connectivity index (χ0) is 14.9. The van der Waals surface area contributed by atoms with Crippen LogP contribution in [0.25, 0.3) is 0 Å². The monoisotopic (exact) mass is 342 g/mol. The van der Waals surface area contributed by atoms with Gasteiger partial charge in [0.15, 0.2) is 11.6 Å². The van der Waals surface area contributed by atoms with Crippen LogP contribution in [0.2, 0.25) is 0 Å². The minimum atomic E-state index is -0.918. The van der Waals surface area contributed by atoms with Crippen LogP contribution in [0.1, 0.15) is 24.2 Å². The lowest BCUT2D eigenvalue weighted by atomic mass is 10.1. The Hall–Kier alpha value is -1.46. The standard InChI is InChI=1S/C15H13BrF2O2/c1-8-5-15(11(9(2)19)7-12(8)17)20-14-4-3-10(16)6-13(14)18/h3-7,9,19H,1-2H3/t9-/m1/s1. The van der Waals surface area contributed by atoms with E-state index in [1.165, 1.54) is 31.2 Å². The number of halogens is 3. The van der Waals surface area contributed by atoms with Gasteiger partial charge < -0.3 is 9.84 Å². The molecule has 2 aromatic rings. The van der Waals surface area contributed by atoms with Crippen molar-refractivity contribution >= 4 is 15.9 Å². The fourth-order valence-electron chi connectivity index (χ4n) is 1.76. The van der Waals surface area contributed by atoms with Crippen LogP contribution in [0, 0.1) is 18.6 Å². The molecule has 20 heavy (non-hydrogen) atoms. The second-order valence-electron chi connectivity index (χ2n) is 4.49. The highest BCUT2D eigenvalue weighted by Crippen LogP contribution is 2.33. The number of aliphatic hydroxyl groups is 1. The highest BCUT2D eigenvalue weighted by Gasteiger charge is 2.15. The summed E-state index contributed by atoms with van der Waals surface area (Å²) in [4.78, 5) is 0. The molecule has 0 heterocycles. The number of benzene rings is 2. The first-order valence-corrected chi connectivity index (χ1v) is 6.79. The molecule has 0 saturated carbocycles. The largest absolute Gasteiger partial charge is 0.454 e. The minimum Gasteiger partial charge on any atom is -0.454 e. The van der Waals surface area contributed by atoms with Crippen molar-refractivity contribution in [1.29, 1.82) is 0 Å². The Balaban J connectivity index is 2.44. The average molecular weight is 343 g/mol. The molecule has 0 saturated heterocycles. The van der Waals surface area contributed by atoms with Crippen LogP contribution in [-0.2, 0) is 0 Å². The Morgan fingerprint density at radius 2 is 1.80 bits per heavy atom. The number of rotatable bonds is 3. The maximum absolute atomic E-state index is 13.8. The van der Waals surface area contributed by atoms with Gasteiger partial charge in [0.05, 0.1) is 6.10 Å². The van der Waals surface area contributed by atoms with E-state index in [0.29, 0.717) is 10.0 Å². The van der Waals surface area contributed by atoms with Crippen molar-refractivity contribution in [2.75, 3.05) is 0 Å². The molecule has 0 amide bonds. The molecule has 0 fully saturated rings. The van der Waals surface area contributed by atoms with Crippen LogP contribution in [-0.4, -0.2) is 5.11 Å². The number of ether oxygens (including phenoxy) is 1. The van der Waals surface area contributed by atoms with E-state index in [0.717, 1.165) is 0 Å². The van der Waals surface area contributed by atoms with Gasteiger partial charge in [-0.1, -0.05) is 15.9 Å².